The van der Waals surface area contributed by atoms with Crippen molar-refractivity contribution >= 4 is 34.7 Å². The third-order valence-electron chi connectivity index (χ3n) is 3.67. The Morgan fingerprint density at radius 2 is 1.91 bits per heavy atom. The summed E-state index contributed by atoms with van der Waals surface area (Å²) in [5, 5.41) is 0.804. The standard InChI is InChI=1S/C17H12Cl2FNO/c1-9-16(22)6-10-2-3-11(18)7-14(10)17(21-9)13-5-4-12(20)8-15(13)19/h2-5,7-9H,6H2,1H3. The smallest absolute Gasteiger partial charge is 0.161 e. The van der Waals surface area contributed by atoms with E-state index >= 15 is 0 Å². The lowest BCUT2D eigenvalue weighted by Gasteiger charge is -2.12. The number of Topliss-reactive ketones (excluding diaryl/α,β-unsaturated/α-hetero) is 1. The normalized spacial score (nSPS) is 17.7. The van der Waals surface area contributed by atoms with Crippen LogP contribution in [0.2, 0.25) is 10.0 Å². The molecule has 2 aromatic rings. The minimum absolute atomic E-state index is 0.0248. The molecule has 0 amide bonds. The first-order chi connectivity index (χ1) is 10.5. The van der Waals surface area contributed by atoms with Gasteiger partial charge in [0.1, 0.15) is 11.9 Å². The van der Waals surface area contributed by atoms with Gasteiger partial charge in [0.05, 0.1) is 10.7 Å². The molecule has 0 saturated carbocycles. The lowest BCUT2D eigenvalue weighted by Crippen LogP contribution is -2.16. The highest BCUT2D eigenvalue weighted by atomic mass is 35.5. The average molecular weight is 336 g/mol. The molecule has 0 fully saturated rings. The average Bonchev–Trinajstić information content (AvgIpc) is 2.57. The van der Waals surface area contributed by atoms with Crippen LogP contribution in [-0.2, 0) is 11.2 Å². The van der Waals surface area contributed by atoms with Gasteiger partial charge in [0.25, 0.3) is 0 Å². The Morgan fingerprint density at radius 1 is 1.14 bits per heavy atom. The van der Waals surface area contributed by atoms with Crippen molar-refractivity contribution in [3.63, 3.8) is 0 Å². The summed E-state index contributed by atoms with van der Waals surface area (Å²) in [4.78, 5) is 16.6. The SMILES string of the molecule is CC1N=C(c2ccc(F)cc2Cl)c2cc(Cl)ccc2CC1=O. The van der Waals surface area contributed by atoms with Crippen LogP contribution >= 0.6 is 23.2 Å². The van der Waals surface area contributed by atoms with Crippen LogP contribution in [0.4, 0.5) is 4.39 Å². The van der Waals surface area contributed by atoms with Gasteiger partial charge in [0, 0.05) is 22.6 Å². The van der Waals surface area contributed by atoms with Gasteiger partial charge in [0.2, 0.25) is 0 Å². The van der Waals surface area contributed by atoms with E-state index in [0.717, 1.165) is 11.1 Å². The fourth-order valence-corrected chi connectivity index (χ4v) is 2.92. The van der Waals surface area contributed by atoms with Crippen LogP contribution in [-0.4, -0.2) is 17.5 Å². The molecule has 1 aliphatic rings. The van der Waals surface area contributed by atoms with Gasteiger partial charge in [-0.05, 0) is 42.8 Å². The van der Waals surface area contributed by atoms with Crippen molar-refractivity contribution in [3.05, 3.63) is 69.0 Å². The second-order valence-corrected chi connectivity index (χ2v) is 6.07. The zero-order valence-corrected chi connectivity index (χ0v) is 13.2. The third-order valence-corrected chi connectivity index (χ3v) is 4.21. The highest BCUT2D eigenvalue weighted by Crippen LogP contribution is 2.28. The molecule has 2 nitrogen and oxygen atoms in total. The number of carbonyl (C=O) groups excluding carboxylic acids is 1. The van der Waals surface area contributed by atoms with Crippen LogP contribution in [0.25, 0.3) is 0 Å². The number of nitrogens with zero attached hydrogens (tertiary/aromatic N) is 1. The third kappa shape index (κ3) is 2.79. The number of halogens is 3. The van der Waals surface area contributed by atoms with Crippen LogP contribution in [0.5, 0.6) is 0 Å². The van der Waals surface area contributed by atoms with E-state index in [2.05, 4.69) is 4.99 Å². The van der Waals surface area contributed by atoms with Gasteiger partial charge in [-0.1, -0.05) is 29.3 Å². The predicted molar refractivity (Wildman–Crippen MR) is 86.7 cm³/mol. The number of hydrogen-bond donors (Lipinski definition) is 0. The van der Waals surface area contributed by atoms with Gasteiger partial charge >= 0.3 is 0 Å². The Hall–Kier alpha value is -1.71. The quantitative estimate of drug-likeness (QED) is 0.755. The van der Waals surface area contributed by atoms with Crippen LogP contribution in [0.1, 0.15) is 23.6 Å². The zero-order valence-electron chi connectivity index (χ0n) is 11.7. The molecule has 1 aliphatic heterocycles. The van der Waals surface area contributed by atoms with E-state index in [1.165, 1.54) is 12.1 Å². The first kappa shape index (κ1) is 15.2. The van der Waals surface area contributed by atoms with Crippen LogP contribution < -0.4 is 0 Å². The summed E-state index contributed by atoms with van der Waals surface area (Å²) in [6.45, 7) is 1.74. The summed E-state index contributed by atoms with van der Waals surface area (Å²) in [6, 6.07) is 8.98. The van der Waals surface area contributed by atoms with Crippen molar-refractivity contribution in [2.24, 2.45) is 4.99 Å². The second-order valence-electron chi connectivity index (χ2n) is 5.22. The highest BCUT2D eigenvalue weighted by molar-refractivity contribution is 6.36. The fourth-order valence-electron chi connectivity index (χ4n) is 2.49. The van der Waals surface area contributed by atoms with Crippen molar-refractivity contribution in [1.82, 2.24) is 0 Å². The molecule has 22 heavy (non-hydrogen) atoms. The largest absolute Gasteiger partial charge is 0.297 e. The Labute approximate surface area is 137 Å². The summed E-state index contributed by atoms with van der Waals surface area (Å²) in [5.41, 5.74) is 2.77. The maximum absolute atomic E-state index is 13.3. The van der Waals surface area contributed by atoms with E-state index in [1.807, 2.05) is 6.07 Å². The van der Waals surface area contributed by atoms with Crippen molar-refractivity contribution < 1.29 is 9.18 Å². The minimum Gasteiger partial charge on any atom is -0.297 e. The first-order valence-corrected chi connectivity index (χ1v) is 7.56. The van der Waals surface area contributed by atoms with E-state index in [0.29, 0.717) is 22.7 Å². The molecule has 1 heterocycles. The number of aliphatic imine (C=N–C) groups is 1. The van der Waals surface area contributed by atoms with E-state index in [1.54, 1.807) is 25.1 Å². The lowest BCUT2D eigenvalue weighted by molar-refractivity contribution is -0.119. The molecule has 112 valence electrons. The molecule has 1 unspecified atom stereocenters. The molecular weight excluding hydrogens is 324 g/mol. The number of ketones is 1. The number of hydrogen-bond acceptors (Lipinski definition) is 2. The molecule has 5 heteroatoms. The number of carbonyl (C=O) groups is 1. The van der Waals surface area contributed by atoms with Crippen molar-refractivity contribution in [2.75, 3.05) is 0 Å². The van der Waals surface area contributed by atoms with E-state index in [9.17, 15) is 9.18 Å². The van der Waals surface area contributed by atoms with Gasteiger partial charge < -0.3 is 0 Å². The van der Waals surface area contributed by atoms with Gasteiger partial charge in [-0.3, -0.25) is 9.79 Å². The minimum atomic E-state index is -0.484. The Morgan fingerprint density at radius 3 is 2.64 bits per heavy atom. The van der Waals surface area contributed by atoms with E-state index in [-0.39, 0.29) is 10.8 Å². The maximum atomic E-state index is 13.3. The predicted octanol–water partition coefficient (Wildman–Crippen LogP) is 4.48. The molecule has 2 aromatic carbocycles. The summed E-state index contributed by atoms with van der Waals surface area (Å²) in [5.74, 6) is -0.393. The molecule has 0 bridgehead atoms. The van der Waals surface area contributed by atoms with Crippen molar-refractivity contribution in [1.29, 1.82) is 0 Å². The molecular formula is C17H12Cl2FNO. The van der Waals surface area contributed by atoms with Crippen LogP contribution in [0, 0.1) is 5.82 Å². The van der Waals surface area contributed by atoms with Gasteiger partial charge in [-0.15, -0.1) is 0 Å². The summed E-state index contributed by atoms with van der Waals surface area (Å²) in [7, 11) is 0. The Balaban J connectivity index is 2.26. The number of fused-ring (bicyclic) bond motifs is 1. The van der Waals surface area contributed by atoms with Crippen molar-refractivity contribution in [3.8, 4) is 0 Å². The van der Waals surface area contributed by atoms with Gasteiger partial charge in [-0.25, -0.2) is 4.39 Å². The van der Waals surface area contributed by atoms with E-state index < -0.39 is 11.9 Å². The van der Waals surface area contributed by atoms with Crippen LogP contribution in [0.15, 0.2) is 41.4 Å². The Kier molecular flexibility index (Phi) is 4.02. The molecule has 0 aromatic heterocycles. The molecule has 0 saturated heterocycles. The fraction of sp³-hybridized carbons (Fsp3) is 0.176. The number of benzene rings is 2. The van der Waals surface area contributed by atoms with E-state index in [4.69, 9.17) is 23.2 Å². The second kappa shape index (κ2) is 5.82. The summed E-state index contributed by atoms with van der Waals surface area (Å²) >= 11 is 12.3. The molecule has 0 spiro atoms. The van der Waals surface area contributed by atoms with Crippen molar-refractivity contribution in [2.45, 2.75) is 19.4 Å². The highest BCUT2D eigenvalue weighted by Gasteiger charge is 2.24. The zero-order chi connectivity index (χ0) is 15.9. The Bertz CT molecular complexity index is 801. The first-order valence-electron chi connectivity index (χ1n) is 6.80. The number of rotatable bonds is 1. The molecule has 3 rings (SSSR count). The van der Waals surface area contributed by atoms with Gasteiger partial charge in [-0.2, -0.15) is 0 Å². The summed E-state index contributed by atoms with van der Waals surface area (Å²) in [6.07, 6.45) is 0.291. The monoisotopic (exact) mass is 335 g/mol. The topological polar surface area (TPSA) is 29.4 Å². The molecule has 1 atom stereocenters. The molecule has 0 N–H and O–H groups in total. The maximum Gasteiger partial charge on any atom is 0.161 e. The van der Waals surface area contributed by atoms with Gasteiger partial charge in [0.15, 0.2) is 5.78 Å². The molecule has 0 aliphatic carbocycles. The van der Waals surface area contributed by atoms with Crippen LogP contribution in [0.3, 0.4) is 0 Å². The molecule has 0 radical (unpaired) electrons. The lowest BCUT2D eigenvalue weighted by atomic mass is 9.95. The summed E-state index contributed by atoms with van der Waals surface area (Å²) < 4.78 is 13.3.